The van der Waals surface area contributed by atoms with Gasteiger partial charge in [-0.3, -0.25) is 0 Å². The van der Waals surface area contributed by atoms with Crippen LogP contribution in [0.1, 0.15) is 16.7 Å². The Labute approximate surface area is 95.7 Å². The van der Waals surface area contributed by atoms with Crippen LogP contribution < -0.4 is 4.74 Å². The van der Waals surface area contributed by atoms with Crippen LogP contribution in [0.5, 0.6) is 5.75 Å². The second kappa shape index (κ2) is 4.75. The normalized spacial score (nSPS) is 10.5. The van der Waals surface area contributed by atoms with Crippen LogP contribution in [0.15, 0.2) is 12.1 Å². The molecule has 0 spiro atoms. The standard InChI is InChI=1S/C11H7F3N2O/c1-17-10-5-7(2-3-15)4-9(8(10)6-16)11(12,13)14/h4-5H,2H2,1H3. The number of nitriles is 2. The molecule has 0 aromatic heterocycles. The second-order valence-corrected chi connectivity index (χ2v) is 3.17. The lowest BCUT2D eigenvalue weighted by Crippen LogP contribution is -2.10. The van der Waals surface area contributed by atoms with E-state index in [4.69, 9.17) is 15.3 Å². The Morgan fingerprint density at radius 3 is 2.35 bits per heavy atom. The summed E-state index contributed by atoms with van der Waals surface area (Å²) in [6.07, 6.45) is -4.82. The highest BCUT2D eigenvalue weighted by Gasteiger charge is 2.35. The summed E-state index contributed by atoms with van der Waals surface area (Å²) >= 11 is 0. The summed E-state index contributed by atoms with van der Waals surface area (Å²) in [7, 11) is 1.17. The second-order valence-electron chi connectivity index (χ2n) is 3.17. The molecular formula is C11H7F3N2O. The predicted octanol–water partition coefficient (Wildman–Crippen LogP) is 2.65. The number of alkyl halides is 3. The van der Waals surface area contributed by atoms with Gasteiger partial charge in [-0.1, -0.05) is 0 Å². The number of rotatable bonds is 2. The van der Waals surface area contributed by atoms with Crippen LogP contribution in [0.4, 0.5) is 13.2 Å². The van der Waals surface area contributed by atoms with E-state index in [2.05, 4.69) is 0 Å². The molecule has 0 heterocycles. The van der Waals surface area contributed by atoms with E-state index in [0.29, 0.717) is 0 Å². The Bertz CT molecular complexity index is 509. The van der Waals surface area contributed by atoms with E-state index < -0.39 is 17.3 Å². The van der Waals surface area contributed by atoms with Crippen molar-refractivity contribution in [3.05, 3.63) is 28.8 Å². The summed E-state index contributed by atoms with van der Waals surface area (Å²) in [5.41, 5.74) is -1.48. The quantitative estimate of drug-likeness (QED) is 0.798. The molecule has 0 atom stereocenters. The first-order valence-corrected chi connectivity index (χ1v) is 4.49. The molecule has 0 amide bonds. The van der Waals surface area contributed by atoms with Gasteiger partial charge in [0.05, 0.1) is 25.2 Å². The Morgan fingerprint density at radius 2 is 1.94 bits per heavy atom. The topological polar surface area (TPSA) is 56.8 Å². The summed E-state index contributed by atoms with van der Waals surface area (Å²) in [4.78, 5) is 0. The van der Waals surface area contributed by atoms with E-state index in [9.17, 15) is 13.2 Å². The first-order valence-electron chi connectivity index (χ1n) is 4.49. The van der Waals surface area contributed by atoms with Crippen molar-refractivity contribution in [1.82, 2.24) is 0 Å². The molecule has 1 rings (SSSR count). The third kappa shape index (κ3) is 2.67. The van der Waals surface area contributed by atoms with Crippen LogP contribution in [0.25, 0.3) is 0 Å². The molecule has 17 heavy (non-hydrogen) atoms. The fourth-order valence-corrected chi connectivity index (χ4v) is 1.37. The zero-order valence-corrected chi connectivity index (χ0v) is 8.80. The van der Waals surface area contributed by atoms with E-state index in [0.717, 1.165) is 6.07 Å². The number of methoxy groups -OCH3 is 1. The van der Waals surface area contributed by atoms with Crippen molar-refractivity contribution in [1.29, 1.82) is 10.5 Å². The molecule has 3 nitrogen and oxygen atoms in total. The molecule has 0 saturated heterocycles. The van der Waals surface area contributed by atoms with Gasteiger partial charge in [0, 0.05) is 0 Å². The highest BCUT2D eigenvalue weighted by molar-refractivity contribution is 5.52. The van der Waals surface area contributed by atoms with Gasteiger partial charge in [0.2, 0.25) is 0 Å². The maximum atomic E-state index is 12.7. The highest BCUT2D eigenvalue weighted by Crippen LogP contribution is 2.36. The minimum atomic E-state index is -4.65. The Kier molecular flexibility index (Phi) is 3.59. The molecule has 0 aliphatic carbocycles. The van der Waals surface area contributed by atoms with Crippen LogP contribution in [0.2, 0.25) is 0 Å². The van der Waals surface area contributed by atoms with Crippen LogP contribution in [0, 0.1) is 22.7 Å². The predicted molar refractivity (Wildman–Crippen MR) is 52.0 cm³/mol. The molecule has 6 heteroatoms. The number of benzene rings is 1. The van der Waals surface area contributed by atoms with Gasteiger partial charge < -0.3 is 4.74 Å². The van der Waals surface area contributed by atoms with Crippen molar-refractivity contribution in [3.8, 4) is 17.9 Å². The van der Waals surface area contributed by atoms with Gasteiger partial charge in [0.25, 0.3) is 0 Å². The molecule has 0 fully saturated rings. The molecule has 1 aromatic rings. The van der Waals surface area contributed by atoms with Crippen molar-refractivity contribution in [2.45, 2.75) is 12.6 Å². The minimum absolute atomic E-state index is 0.163. The molecular weight excluding hydrogens is 233 g/mol. The van der Waals surface area contributed by atoms with Crippen LogP contribution in [-0.4, -0.2) is 7.11 Å². The van der Waals surface area contributed by atoms with E-state index in [1.54, 1.807) is 6.07 Å². The Balaban J connectivity index is 3.51. The molecule has 0 aliphatic rings. The lowest BCUT2D eigenvalue weighted by Gasteiger charge is -2.13. The van der Waals surface area contributed by atoms with Crippen LogP contribution in [0.3, 0.4) is 0 Å². The molecule has 0 aliphatic heterocycles. The lowest BCUT2D eigenvalue weighted by atomic mass is 10.0. The molecule has 0 bridgehead atoms. The third-order valence-corrected chi connectivity index (χ3v) is 2.08. The fraction of sp³-hybridized carbons (Fsp3) is 0.273. The van der Waals surface area contributed by atoms with Crippen molar-refractivity contribution in [3.63, 3.8) is 0 Å². The van der Waals surface area contributed by atoms with Gasteiger partial charge in [0.1, 0.15) is 17.4 Å². The zero-order valence-electron chi connectivity index (χ0n) is 8.80. The zero-order chi connectivity index (χ0) is 13.1. The molecule has 88 valence electrons. The maximum absolute atomic E-state index is 12.7. The maximum Gasteiger partial charge on any atom is 0.417 e. The SMILES string of the molecule is COc1cc(CC#N)cc(C(F)(F)F)c1C#N. The van der Waals surface area contributed by atoms with Crippen LogP contribution >= 0.6 is 0 Å². The average molecular weight is 240 g/mol. The summed E-state index contributed by atoms with van der Waals surface area (Å²) in [6.45, 7) is 0. The number of hydrogen-bond acceptors (Lipinski definition) is 3. The first-order chi connectivity index (χ1) is 7.93. The van der Waals surface area contributed by atoms with E-state index in [1.807, 2.05) is 0 Å². The third-order valence-electron chi connectivity index (χ3n) is 2.08. The monoisotopic (exact) mass is 240 g/mol. The van der Waals surface area contributed by atoms with Gasteiger partial charge in [-0.25, -0.2) is 0 Å². The summed E-state index contributed by atoms with van der Waals surface area (Å²) in [5, 5.41) is 17.2. The van der Waals surface area contributed by atoms with Crippen molar-refractivity contribution >= 4 is 0 Å². The van der Waals surface area contributed by atoms with E-state index >= 15 is 0 Å². The minimum Gasteiger partial charge on any atom is -0.495 e. The van der Waals surface area contributed by atoms with Gasteiger partial charge in [-0.2, -0.15) is 23.7 Å². The van der Waals surface area contributed by atoms with Gasteiger partial charge in [0.15, 0.2) is 0 Å². The smallest absolute Gasteiger partial charge is 0.417 e. The number of halogens is 3. The summed E-state index contributed by atoms with van der Waals surface area (Å²) < 4.78 is 42.8. The molecule has 0 saturated carbocycles. The van der Waals surface area contributed by atoms with Gasteiger partial charge >= 0.3 is 6.18 Å². The Morgan fingerprint density at radius 1 is 1.29 bits per heavy atom. The number of ether oxygens (including phenoxy) is 1. The molecule has 1 aromatic carbocycles. The molecule has 0 radical (unpaired) electrons. The van der Waals surface area contributed by atoms with Crippen molar-refractivity contribution in [2.24, 2.45) is 0 Å². The van der Waals surface area contributed by atoms with E-state index in [1.165, 1.54) is 19.2 Å². The summed E-state index contributed by atoms with van der Waals surface area (Å²) in [6, 6.07) is 5.27. The first kappa shape index (κ1) is 12.9. The Hall–Kier alpha value is -2.21. The largest absolute Gasteiger partial charge is 0.495 e. The molecule has 0 N–H and O–H groups in total. The highest BCUT2D eigenvalue weighted by atomic mass is 19.4. The van der Waals surface area contributed by atoms with Gasteiger partial charge in [-0.05, 0) is 17.7 Å². The van der Waals surface area contributed by atoms with Crippen molar-refractivity contribution in [2.75, 3.05) is 7.11 Å². The summed E-state index contributed by atoms with van der Waals surface area (Å²) in [5.74, 6) is -0.174. The number of nitrogens with zero attached hydrogens (tertiary/aromatic N) is 2. The van der Waals surface area contributed by atoms with Gasteiger partial charge in [-0.15, -0.1) is 0 Å². The average Bonchev–Trinajstić information content (AvgIpc) is 2.27. The van der Waals surface area contributed by atoms with Crippen molar-refractivity contribution < 1.29 is 17.9 Å². The lowest BCUT2D eigenvalue weighted by molar-refractivity contribution is -0.137. The fourth-order valence-electron chi connectivity index (χ4n) is 1.37. The van der Waals surface area contributed by atoms with Crippen LogP contribution in [-0.2, 0) is 12.6 Å². The van der Waals surface area contributed by atoms with E-state index in [-0.39, 0.29) is 17.7 Å². The number of hydrogen-bond donors (Lipinski definition) is 0. The molecule has 0 unspecified atom stereocenters.